The van der Waals surface area contributed by atoms with E-state index >= 15 is 0 Å². The molecule has 14 N–H and O–H groups in total. The maximum absolute atomic E-state index is 12.8. The summed E-state index contributed by atoms with van der Waals surface area (Å²) >= 11 is 0. The minimum Gasteiger partial charge on any atom is -0.479 e. The fourth-order valence-electron chi connectivity index (χ4n) is 7.84. The van der Waals surface area contributed by atoms with Crippen LogP contribution in [0.25, 0.3) is 0 Å². The van der Waals surface area contributed by atoms with Crippen LogP contribution in [0.3, 0.4) is 0 Å². The van der Waals surface area contributed by atoms with Gasteiger partial charge in [0.25, 0.3) is 5.91 Å². The average molecular weight is 933 g/mol. The number of aliphatic carboxylic acids is 1. The van der Waals surface area contributed by atoms with Gasteiger partial charge in [-0.3, -0.25) is 14.4 Å². The zero-order chi connectivity index (χ0) is 47.3. The summed E-state index contributed by atoms with van der Waals surface area (Å²) in [5.41, 5.74) is 5.48. The third-order valence-electron chi connectivity index (χ3n) is 11.2. The lowest BCUT2D eigenvalue weighted by Gasteiger charge is -2.47. The lowest BCUT2D eigenvalue weighted by atomic mass is 9.92. The van der Waals surface area contributed by atoms with Crippen LogP contribution in [0.4, 0.5) is 0 Å². The summed E-state index contributed by atoms with van der Waals surface area (Å²) in [6, 6.07) is -1.76. The van der Waals surface area contributed by atoms with Crippen molar-refractivity contribution in [1.29, 1.82) is 0 Å². The van der Waals surface area contributed by atoms with Crippen molar-refractivity contribution in [3.8, 4) is 0 Å². The molecule has 25 nitrogen and oxygen atoms in total. The van der Waals surface area contributed by atoms with E-state index in [0.717, 1.165) is 32.8 Å². The number of aliphatic hydroxyl groups excluding tert-OH is 8. The number of rotatable bonds is 18. The molecular weight excluding hydrogens is 860 g/mol. The predicted molar refractivity (Wildman–Crippen MR) is 218 cm³/mol. The number of carbonyl (C=O) groups is 4. The second-order valence-corrected chi connectivity index (χ2v) is 15.8. The predicted octanol–water partition coefficient (Wildman–Crippen LogP) is -5.69. The van der Waals surface area contributed by atoms with Gasteiger partial charge in [0.1, 0.15) is 73.2 Å². The van der Waals surface area contributed by atoms with Gasteiger partial charge in [-0.05, 0) is 33.2 Å². The van der Waals surface area contributed by atoms with Gasteiger partial charge in [0.2, 0.25) is 11.8 Å². The molecule has 0 aromatic carbocycles. The summed E-state index contributed by atoms with van der Waals surface area (Å²) in [5, 5.41) is 99.1. The molecule has 4 heterocycles. The second-order valence-electron chi connectivity index (χ2n) is 15.8. The zero-order valence-corrected chi connectivity index (χ0v) is 36.2. The van der Waals surface area contributed by atoms with Gasteiger partial charge in [-0.25, -0.2) is 4.79 Å². The lowest BCUT2D eigenvalue weighted by molar-refractivity contribution is -0.327. The van der Waals surface area contributed by atoms with Crippen LogP contribution in [0, 0.1) is 0 Å². The van der Waals surface area contributed by atoms with Crippen LogP contribution in [0.1, 0.15) is 60.8 Å². The van der Waals surface area contributed by atoms with Gasteiger partial charge in [-0.2, -0.15) is 0 Å². The molecule has 4 aliphatic rings. The molecule has 0 aliphatic carbocycles. The maximum atomic E-state index is 12.8. The van der Waals surface area contributed by atoms with Gasteiger partial charge >= 0.3 is 5.97 Å². The van der Waals surface area contributed by atoms with E-state index in [-0.39, 0.29) is 7.43 Å². The SMILES string of the molecule is C.CO[C@@H]1C(C(=O)NCCCCCCN)O[C@@H](O[C@@H]2C(NC(C)=O)[C@H](C)OC(CO)[C@H]2O)C(O)[C@H]1O.CO[C@@H]1C(C(=O)O)O[C@@H](O[C@@H]2C(NC(C)=O)[C@H](C)OC(CO)[C@H]2O)C(O)[C@H]1O. The summed E-state index contributed by atoms with van der Waals surface area (Å²) < 4.78 is 43.6. The number of amides is 3. The van der Waals surface area contributed by atoms with Crippen molar-refractivity contribution < 1.29 is 103 Å². The fourth-order valence-corrected chi connectivity index (χ4v) is 7.84. The molecule has 20 atom stereocenters. The molecule has 64 heavy (non-hydrogen) atoms. The van der Waals surface area contributed by atoms with Gasteiger partial charge in [0.15, 0.2) is 24.8 Å². The van der Waals surface area contributed by atoms with Gasteiger partial charge in [0, 0.05) is 34.6 Å². The van der Waals surface area contributed by atoms with Crippen molar-refractivity contribution in [3.05, 3.63) is 0 Å². The van der Waals surface area contributed by atoms with Crippen molar-refractivity contribution >= 4 is 23.7 Å². The van der Waals surface area contributed by atoms with Gasteiger partial charge in [-0.15, -0.1) is 0 Å². The Morgan fingerprint density at radius 1 is 0.594 bits per heavy atom. The van der Waals surface area contributed by atoms with E-state index in [4.69, 9.17) is 43.6 Å². The normalized spacial score (nSPS) is 39.9. The number of carbonyl (C=O) groups excluding carboxylic acids is 3. The number of aliphatic hydroxyl groups is 8. The Morgan fingerprint density at radius 3 is 1.38 bits per heavy atom. The van der Waals surface area contributed by atoms with E-state index in [1.54, 1.807) is 13.8 Å². The molecule has 374 valence electrons. The summed E-state index contributed by atoms with van der Waals surface area (Å²) in [4.78, 5) is 47.5. The number of unbranched alkanes of at least 4 members (excludes halogenated alkanes) is 3. The third kappa shape index (κ3) is 14.6. The van der Waals surface area contributed by atoms with E-state index < -0.39 is 159 Å². The molecule has 0 radical (unpaired) electrons. The van der Waals surface area contributed by atoms with Crippen LogP contribution in [0.2, 0.25) is 0 Å². The maximum Gasteiger partial charge on any atom is 0.335 e. The molecule has 0 saturated carbocycles. The molecule has 0 spiro atoms. The molecule has 8 unspecified atom stereocenters. The Morgan fingerprint density at radius 2 is 1.00 bits per heavy atom. The van der Waals surface area contributed by atoms with Gasteiger partial charge in [-0.1, -0.05) is 20.3 Å². The van der Waals surface area contributed by atoms with Crippen LogP contribution < -0.4 is 21.7 Å². The Bertz CT molecular complexity index is 1440. The number of hydrogen-bond acceptors (Lipinski definition) is 21. The van der Waals surface area contributed by atoms with Crippen molar-refractivity contribution in [2.24, 2.45) is 5.73 Å². The molecule has 4 rings (SSSR count). The van der Waals surface area contributed by atoms with E-state index in [1.165, 1.54) is 21.0 Å². The largest absolute Gasteiger partial charge is 0.479 e. The van der Waals surface area contributed by atoms with Crippen LogP contribution in [-0.2, 0) is 57.1 Å². The highest BCUT2D eigenvalue weighted by Crippen LogP contribution is 2.32. The molecule has 4 saturated heterocycles. The number of nitrogens with one attached hydrogen (secondary N) is 3. The van der Waals surface area contributed by atoms with Gasteiger partial charge < -0.3 is 106 Å². The topological polar surface area (TPSA) is 386 Å². The number of nitrogens with two attached hydrogens (primary N) is 1. The monoisotopic (exact) mass is 932 g/mol. The molecule has 0 aromatic rings. The standard InChI is InChI=1S/C22H41N3O10.C16H27NO11.CH4/c1-11-14(25-12(2)27)18(15(28)13(10-26)33-11)34-22-17(30)16(29)19(32-3)20(35-22)21(31)24-9-7-5-4-6-8-23;1-5-8(17-6(2)19)12(9(20)7(4-18)26-5)27-16-11(22)10(21)13(25-3)14(28-16)15(23)24;/h11,13-20,22,26,28-30H,4-10,23H2,1-3H3,(H,24,31)(H,25,27);5,7-14,16,18,20-22H,4H2,1-3H3,(H,17,19)(H,23,24);1H4/t11-,13?,14?,15+,16+,17?,18+,19-,20?,22+;5-,7?,8?,9+,10+,11?,12+,13-,14?,16+;/m00./s1. The fraction of sp³-hybridized carbons (Fsp3) is 0.897. The second kappa shape index (κ2) is 27.1. The first-order valence-corrected chi connectivity index (χ1v) is 20.8. The van der Waals surface area contributed by atoms with Crippen molar-refractivity contribution in [2.75, 3.05) is 40.5 Å². The number of carboxylic acid groups (broad SMARTS) is 1. The summed E-state index contributed by atoms with van der Waals surface area (Å²) in [6.07, 6.45) is -20.4. The van der Waals surface area contributed by atoms with Crippen molar-refractivity contribution in [3.63, 3.8) is 0 Å². The van der Waals surface area contributed by atoms with Crippen molar-refractivity contribution in [2.45, 2.75) is 183 Å². The first-order valence-electron chi connectivity index (χ1n) is 20.8. The lowest BCUT2D eigenvalue weighted by Crippen LogP contribution is -2.68. The van der Waals surface area contributed by atoms with Crippen LogP contribution in [-0.4, -0.2) is 232 Å². The smallest absolute Gasteiger partial charge is 0.335 e. The number of ether oxygens (including phenoxy) is 8. The quantitative estimate of drug-likeness (QED) is 0.0570. The molecule has 3 amide bonds. The summed E-state index contributed by atoms with van der Waals surface area (Å²) in [6.45, 7) is 5.67. The first-order chi connectivity index (χ1) is 29.8. The average Bonchev–Trinajstić information content (AvgIpc) is 3.23. The Kier molecular flexibility index (Phi) is 24.3. The Hall–Kier alpha value is -2.80. The van der Waals surface area contributed by atoms with Gasteiger partial charge in [0.05, 0.1) is 37.5 Å². The Balaban J connectivity index is 0.000000444. The number of carboxylic acids is 1. The highest BCUT2D eigenvalue weighted by Gasteiger charge is 2.54. The van der Waals surface area contributed by atoms with Crippen molar-refractivity contribution in [1.82, 2.24) is 16.0 Å². The molecule has 25 heteroatoms. The summed E-state index contributed by atoms with van der Waals surface area (Å²) in [7, 11) is 2.43. The minimum atomic E-state index is -1.70. The first kappa shape index (κ1) is 57.3. The van der Waals surface area contributed by atoms with E-state index in [2.05, 4.69) is 16.0 Å². The number of hydrogen-bond donors (Lipinski definition) is 13. The van der Waals surface area contributed by atoms with E-state index in [1.807, 2.05) is 0 Å². The van der Waals surface area contributed by atoms with Crippen LogP contribution in [0.5, 0.6) is 0 Å². The zero-order valence-electron chi connectivity index (χ0n) is 36.2. The molecular formula is C39H72N4O21. The van der Waals surface area contributed by atoms with Crippen LogP contribution >= 0.6 is 0 Å². The highest BCUT2D eigenvalue weighted by molar-refractivity contribution is 5.81. The number of methoxy groups -OCH3 is 2. The van der Waals surface area contributed by atoms with E-state index in [0.29, 0.717) is 13.1 Å². The molecule has 0 bridgehead atoms. The Labute approximate surface area is 371 Å². The third-order valence-corrected chi connectivity index (χ3v) is 11.2. The molecule has 0 aromatic heterocycles. The summed E-state index contributed by atoms with van der Waals surface area (Å²) in [5.74, 6) is -2.86. The highest BCUT2D eigenvalue weighted by atomic mass is 16.7. The van der Waals surface area contributed by atoms with E-state index in [9.17, 15) is 65.1 Å². The molecule has 4 aliphatic heterocycles. The van der Waals surface area contributed by atoms with Crippen LogP contribution in [0.15, 0.2) is 0 Å². The molecule has 4 fully saturated rings. The minimum absolute atomic E-state index is 0.